The SMILES string of the molecule is Cc1csc(SC(C)C(=O)N2CCCC2)n1. The van der Waals surface area contributed by atoms with E-state index in [1.54, 1.807) is 23.1 Å². The molecule has 0 saturated carbocycles. The van der Waals surface area contributed by atoms with E-state index in [-0.39, 0.29) is 11.2 Å². The maximum atomic E-state index is 12.0. The van der Waals surface area contributed by atoms with E-state index in [0.29, 0.717) is 0 Å². The molecule has 0 bridgehead atoms. The van der Waals surface area contributed by atoms with Gasteiger partial charge >= 0.3 is 0 Å². The molecule has 1 saturated heterocycles. The van der Waals surface area contributed by atoms with Crippen LogP contribution in [0.3, 0.4) is 0 Å². The van der Waals surface area contributed by atoms with Gasteiger partial charge in [-0.1, -0.05) is 11.8 Å². The Hall–Kier alpha value is -0.550. The van der Waals surface area contributed by atoms with Crippen molar-refractivity contribution >= 4 is 29.0 Å². The summed E-state index contributed by atoms with van der Waals surface area (Å²) in [7, 11) is 0. The maximum Gasteiger partial charge on any atom is 0.235 e. The lowest BCUT2D eigenvalue weighted by molar-refractivity contribution is -0.129. The second-order valence-electron chi connectivity index (χ2n) is 4.05. The van der Waals surface area contributed by atoms with Crippen LogP contribution in [-0.4, -0.2) is 34.1 Å². The summed E-state index contributed by atoms with van der Waals surface area (Å²) >= 11 is 3.19. The summed E-state index contributed by atoms with van der Waals surface area (Å²) in [5, 5.41) is 2.01. The van der Waals surface area contributed by atoms with Gasteiger partial charge in [0.1, 0.15) is 0 Å². The van der Waals surface area contributed by atoms with Crippen molar-refractivity contribution in [2.24, 2.45) is 0 Å². The van der Waals surface area contributed by atoms with Crippen LogP contribution >= 0.6 is 23.1 Å². The fourth-order valence-electron chi connectivity index (χ4n) is 1.78. The smallest absolute Gasteiger partial charge is 0.235 e. The molecule has 1 aliphatic heterocycles. The van der Waals surface area contributed by atoms with Crippen molar-refractivity contribution in [3.05, 3.63) is 11.1 Å². The van der Waals surface area contributed by atoms with E-state index in [4.69, 9.17) is 0 Å². The van der Waals surface area contributed by atoms with Crippen molar-refractivity contribution < 1.29 is 4.79 Å². The zero-order valence-electron chi connectivity index (χ0n) is 9.60. The Bertz CT molecular complexity index is 372. The van der Waals surface area contributed by atoms with Gasteiger partial charge in [0.15, 0.2) is 4.34 Å². The zero-order chi connectivity index (χ0) is 11.5. The second-order valence-corrected chi connectivity index (χ2v) is 6.49. The standard InChI is InChI=1S/C11H16N2OS2/c1-8-7-15-11(12-8)16-9(2)10(14)13-5-3-4-6-13/h7,9H,3-6H2,1-2H3. The third-order valence-corrected chi connectivity index (χ3v) is 4.82. The lowest BCUT2D eigenvalue weighted by Gasteiger charge is -2.18. The predicted octanol–water partition coefficient (Wildman–Crippen LogP) is 2.55. The molecule has 1 aromatic heterocycles. The minimum Gasteiger partial charge on any atom is -0.342 e. The Balaban J connectivity index is 1.91. The topological polar surface area (TPSA) is 33.2 Å². The summed E-state index contributed by atoms with van der Waals surface area (Å²) < 4.78 is 0.998. The lowest BCUT2D eigenvalue weighted by Crippen LogP contribution is -2.33. The van der Waals surface area contributed by atoms with Gasteiger partial charge < -0.3 is 4.90 Å². The van der Waals surface area contributed by atoms with Gasteiger partial charge in [-0.2, -0.15) is 0 Å². The summed E-state index contributed by atoms with van der Waals surface area (Å²) in [5.74, 6) is 0.260. The number of likely N-dealkylation sites (tertiary alicyclic amines) is 1. The molecule has 1 atom stereocenters. The summed E-state index contributed by atoms with van der Waals surface area (Å²) in [6.07, 6.45) is 2.30. The first-order chi connectivity index (χ1) is 7.66. The van der Waals surface area contributed by atoms with Gasteiger partial charge in [0.25, 0.3) is 0 Å². The highest BCUT2D eigenvalue weighted by Gasteiger charge is 2.24. The summed E-state index contributed by atoms with van der Waals surface area (Å²) in [4.78, 5) is 18.4. The highest BCUT2D eigenvalue weighted by Crippen LogP contribution is 2.28. The minimum absolute atomic E-state index is 0.0105. The lowest BCUT2D eigenvalue weighted by atomic mass is 10.4. The number of rotatable bonds is 3. The Morgan fingerprint density at radius 2 is 2.25 bits per heavy atom. The first kappa shape index (κ1) is 11.9. The van der Waals surface area contributed by atoms with Gasteiger partial charge in [0, 0.05) is 24.2 Å². The molecule has 88 valence electrons. The quantitative estimate of drug-likeness (QED) is 0.779. The van der Waals surface area contributed by atoms with Crippen LogP contribution in [-0.2, 0) is 4.79 Å². The first-order valence-electron chi connectivity index (χ1n) is 5.54. The summed E-state index contributed by atoms with van der Waals surface area (Å²) in [6.45, 7) is 5.82. The molecule has 2 heterocycles. The van der Waals surface area contributed by atoms with Gasteiger partial charge in [-0.3, -0.25) is 4.79 Å². The minimum atomic E-state index is -0.0105. The van der Waals surface area contributed by atoms with E-state index < -0.39 is 0 Å². The fourth-order valence-corrected chi connectivity index (χ4v) is 3.85. The molecular weight excluding hydrogens is 240 g/mol. The van der Waals surface area contributed by atoms with Crippen LogP contribution in [0.15, 0.2) is 9.72 Å². The molecule has 2 rings (SSSR count). The highest BCUT2D eigenvalue weighted by atomic mass is 32.2. The number of hydrogen-bond donors (Lipinski definition) is 0. The average Bonchev–Trinajstić information content (AvgIpc) is 2.88. The second kappa shape index (κ2) is 5.19. The normalized spacial score (nSPS) is 17.8. The van der Waals surface area contributed by atoms with Crippen molar-refractivity contribution in [3.63, 3.8) is 0 Å². The largest absolute Gasteiger partial charge is 0.342 e. The Labute approximate surface area is 104 Å². The monoisotopic (exact) mass is 256 g/mol. The van der Waals surface area contributed by atoms with Crippen LogP contribution in [0.1, 0.15) is 25.5 Å². The Morgan fingerprint density at radius 3 is 2.81 bits per heavy atom. The summed E-state index contributed by atoms with van der Waals surface area (Å²) in [6, 6.07) is 0. The van der Waals surface area contributed by atoms with Gasteiger partial charge in [-0.25, -0.2) is 4.98 Å². The number of carbonyl (C=O) groups excluding carboxylic acids is 1. The molecule has 0 radical (unpaired) electrons. The molecule has 3 nitrogen and oxygen atoms in total. The molecule has 1 unspecified atom stereocenters. The molecule has 1 amide bonds. The third-order valence-electron chi connectivity index (χ3n) is 2.64. The van der Waals surface area contributed by atoms with E-state index in [9.17, 15) is 4.79 Å². The third kappa shape index (κ3) is 2.77. The fraction of sp³-hybridized carbons (Fsp3) is 0.636. The van der Waals surface area contributed by atoms with Gasteiger partial charge in [-0.15, -0.1) is 11.3 Å². The molecule has 1 fully saturated rings. The zero-order valence-corrected chi connectivity index (χ0v) is 11.2. The van der Waals surface area contributed by atoms with Crippen LogP contribution < -0.4 is 0 Å². The number of thiazole rings is 1. The molecule has 0 aromatic carbocycles. The van der Waals surface area contributed by atoms with Crippen molar-refractivity contribution in [3.8, 4) is 0 Å². The number of thioether (sulfide) groups is 1. The molecule has 1 aromatic rings. The van der Waals surface area contributed by atoms with Crippen molar-refractivity contribution in [2.75, 3.05) is 13.1 Å². The van der Waals surface area contributed by atoms with Crippen molar-refractivity contribution in [2.45, 2.75) is 36.3 Å². The van der Waals surface area contributed by atoms with Gasteiger partial charge in [-0.05, 0) is 26.7 Å². The Morgan fingerprint density at radius 1 is 1.56 bits per heavy atom. The number of amides is 1. The Kier molecular flexibility index (Phi) is 3.86. The van der Waals surface area contributed by atoms with Crippen LogP contribution in [0.25, 0.3) is 0 Å². The van der Waals surface area contributed by atoms with Crippen LogP contribution in [0.5, 0.6) is 0 Å². The van der Waals surface area contributed by atoms with E-state index in [2.05, 4.69) is 4.98 Å². The molecule has 0 aliphatic carbocycles. The molecule has 16 heavy (non-hydrogen) atoms. The van der Waals surface area contributed by atoms with Crippen LogP contribution in [0.2, 0.25) is 0 Å². The van der Waals surface area contributed by atoms with E-state index in [1.165, 1.54) is 0 Å². The molecule has 0 spiro atoms. The average molecular weight is 256 g/mol. The number of carbonyl (C=O) groups is 1. The van der Waals surface area contributed by atoms with Crippen LogP contribution in [0.4, 0.5) is 0 Å². The molecule has 0 N–H and O–H groups in total. The van der Waals surface area contributed by atoms with Crippen molar-refractivity contribution in [1.29, 1.82) is 0 Å². The number of aromatic nitrogens is 1. The number of hydrogen-bond acceptors (Lipinski definition) is 4. The molecule has 1 aliphatic rings. The van der Waals surface area contributed by atoms with Gasteiger partial charge in [0.05, 0.1) is 5.25 Å². The number of nitrogens with zero attached hydrogens (tertiary/aromatic N) is 2. The van der Waals surface area contributed by atoms with E-state index in [1.807, 2.05) is 24.1 Å². The van der Waals surface area contributed by atoms with E-state index >= 15 is 0 Å². The van der Waals surface area contributed by atoms with Crippen LogP contribution in [0, 0.1) is 6.92 Å². The number of aryl methyl sites for hydroxylation is 1. The molecule has 5 heteroatoms. The van der Waals surface area contributed by atoms with E-state index in [0.717, 1.165) is 36.0 Å². The van der Waals surface area contributed by atoms with Crippen molar-refractivity contribution in [1.82, 2.24) is 9.88 Å². The maximum absolute atomic E-state index is 12.0. The summed E-state index contributed by atoms with van der Waals surface area (Å²) in [5.41, 5.74) is 1.04. The highest BCUT2D eigenvalue weighted by molar-refractivity contribution is 8.02. The first-order valence-corrected chi connectivity index (χ1v) is 7.30. The van der Waals surface area contributed by atoms with Gasteiger partial charge in [0.2, 0.25) is 5.91 Å². The molecular formula is C11H16N2OS2. The predicted molar refractivity (Wildman–Crippen MR) is 68.0 cm³/mol.